The van der Waals surface area contributed by atoms with E-state index in [1.54, 1.807) is 25.1 Å². The quantitative estimate of drug-likeness (QED) is 0.889. The predicted molar refractivity (Wildman–Crippen MR) is 66.2 cm³/mol. The highest BCUT2D eigenvalue weighted by atomic mass is 35.5. The second-order valence-corrected chi connectivity index (χ2v) is 4.28. The Bertz CT molecular complexity index is 391. The molecule has 1 aromatic rings. The van der Waals surface area contributed by atoms with Crippen LogP contribution in [0.15, 0.2) is 18.2 Å². The van der Waals surface area contributed by atoms with Crippen molar-refractivity contribution >= 4 is 29.3 Å². The van der Waals surface area contributed by atoms with Gasteiger partial charge in [0.25, 0.3) is 0 Å². The molecule has 3 N–H and O–H groups in total. The van der Waals surface area contributed by atoms with Crippen LogP contribution in [0.2, 0.25) is 10.0 Å². The molecular weight excluding hydrogens is 265 g/mol. The molecular formula is C11H13Cl2NO3. The van der Waals surface area contributed by atoms with E-state index < -0.39 is 18.3 Å². The van der Waals surface area contributed by atoms with Crippen LogP contribution in [0.1, 0.15) is 25.0 Å². The molecule has 0 bridgehead atoms. The van der Waals surface area contributed by atoms with Gasteiger partial charge in [-0.1, -0.05) is 36.2 Å². The lowest BCUT2D eigenvalue weighted by atomic mass is 10.0. The molecule has 1 amide bonds. The second kappa shape index (κ2) is 6.10. The Hall–Kier alpha value is -0.970. The molecule has 0 saturated heterocycles. The monoisotopic (exact) mass is 277 g/mol. The fourth-order valence-corrected chi connectivity index (χ4v) is 2.06. The molecule has 2 atom stereocenters. The Balaban J connectivity index is 3.16. The minimum Gasteiger partial charge on any atom is -0.439 e. The number of aliphatic hydroxyl groups is 1. The number of carbonyl (C=O) groups excluding carboxylic acids is 1. The summed E-state index contributed by atoms with van der Waals surface area (Å²) in [5, 5.41) is 10.5. The van der Waals surface area contributed by atoms with Crippen molar-refractivity contribution in [1.29, 1.82) is 0 Å². The summed E-state index contributed by atoms with van der Waals surface area (Å²) in [7, 11) is 0. The van der Waals surface area contributed by atoms with E-state index in [2.05, 4.69) is 0 Å². The number of ether oxygens (including phenoxy) is 1. The van der Waals surface area contributed by atoms with Crippen LogP contribution in [0.3, 0.4) is 0 Å². The van der Waals surface area contributed by atoms with Crippen LogP contribution in [0.25, 0.3) is 0 Å². The highest BCUT2D eigenvalue weighted by Crippen LogP contribution is 2.35. The maximum absolute atomic E-state index is 10.8. The molecule has 0 aliphatic carbocycles. The van der Waals surface area contributed by atoms with Gasteiger partial charge in [-0.05, 0) is 18.6 Å². The number of nitrogens with two attached hydrogens (primary N) is 1. The van der Waals surface area contributed by atoms with Crippen molar-refractivity contribution in [2.75, 3.05) is 0 Å². The van der Waals surface area contributed by atoms with Gasteiger partial charge in [-0.15, -0.1) is 0 Å². The molecule has 6 heteroatoms. The lowest BCUT2D eigenvalue weighted by molar-refractivity contribution is 0.00346. The van der Waals surface area contributed by atoms with Crippen LogP contribution >= 0.6 is 23.2 Å². The average molecular weight is 278 g/mol. The van der Waals surface area contributed by atoms with Gasteiger partial charge in [0.2, 0.25) is 0 Å². The van der Waals surface area contributed by atoms with Crippen LogP contribution < -0.4 is 5.73 Å². The molecule has 1 rings (SSSR count). The SMILES string of the molecule is CC[C@@H](O)[C@H](OC(N)=O)c1c(Cl)cccc1Cl. The number of carbonyl (C=O) groups is 1. The van der Waals surface area contributed by atoms with E-state index in [0.717, 1.165) is 0 Å². The van der Waals surface area contributed by atoms with Gasteiger partial charge in [0.15, 0.2) is 6.10 Å². The van der Waals surface area contributed by atoms with Crippen LogP contribution in [0.4, 0.5) is 4.79 Å². The van der Waals surface area contributed by atoms with Crippen molar-refractivity contribution in [1.82, 2.24) is 0 Å². The summed E-state index contributed by atoms with van der Waals surface area (Å²) in [5.41, 5.74) is 5.33. The molecule has 0 heterocycles. The zero-order valence-corrected chi connectivity index (χ0v) is 10.7. The Morgan fingerprint density at radius 3 is 2.41 bits per heavy atom. The number of primary amides is 1. The van der Waals surface area contributed by atoms with Gasteiger partial charge < -0.3 is 15.6 Å². The molecule has 94 valence electrons. The lowest BCUT2D eigenvalue weighted by Gasteiger charge is -2.23. The van der Waals surface area contributed by atoms with E-state index >= 15 is 0 Å². The molecule has 0 fully saturated rings. The third-order valence-corrected chi connectivity index (χ3v) is 2.95. The first-order valence-corrected chi connectivity index (χ1v) is 5.81. The minimum atomic E-state index is -0.988. The van der Waals surface area contributed by atoms with Crippen LogP contribution in [-0.2, 0) is 4.74 Å². The largest absolute Gasteiger partial charge is 0.439 e. The Morgan fingerprint density at radius 2 is 2.00 bits per heavy atom. The van der Waals surface area contributed by atoms with Gasteiger partial charge in [-0.25, -0.2) is 4.79 Å². The summed E-state index contributed by atoms with van der Waals surface area (Å²) in [6.45, 7) is 1.74. The Morgan fingerprint density at radius 1 is 1.47 bits per heavy atom. The van der Waals surface area contributed by atoms with Gasteiger partial charge in [0, 0.05) is 15.6 Å². The lowest BCUT2D eigenvalue weighted by Crippen LogP contribution is -2.26. The third kappa shape index (κ3) is 3.49. The fourth-order valence-electron chi connectivity index (χ4n) is 1.45. The first kappa shape index (κ1) is 14.1. The first-order valence-electron chi connectivity index (χ1n) is 5.05. The molecule has 0 unspecified atom stereocenters. The van der Waals surface area contributed by atoms with Crippen molar-refractivity contribution in [3.05, 3.63) is 33.8 Å². The topological polar surface area (TPSA) is 72.6 Å². The molecule has 0 saturated carbocycles. The molecule has 0 aromatic heterocycles. The summed E-state index contributed by atoms with van der Waals surface area (Å²) >= 11 is 12.0. The van der Waals surface area contributed by atoms with Gasteiger partial charge in [-0.2, -0.15) is 0 Å². The molecule has 0 radical (unpaired) electrons. The first-order chi connectivity index (χ1) is 7.97. The summed E-state index contributed by atoms with van der Waals surface area (Å²) in [6.07, 6.45) is -2.49. The van der Waals surface area contributed by atoms with Gasteiger partial charge in [0.05, 0.1) is 6.10 Å². The van der Waals surface area contributed by atoms with E-state index in [1.807, 2.05) is 0 Å². The van der Waals surface area contributed by atoms with E-state index in [1.165, 1.54) is 0 Å². The number of rotatable bonds is 4. The van der Waals surface area contributed by atoms with Crippen LogP contribution in [-0.4, -0.2) is 17.3 Å². The number of aliphatic hydroxyl groups excluding tert-OH is 1. The third-order valence-electron chi connectivity index (χ3n) is 2.30. The fraction of sp³-hybridized carbons (Fsp3) is 0.364. The van der Waals surface area contributed by atoms with Crippen LogP contribution in [0, 0.1) is 0 Å². The van der Waals surface area contributed by atoms with E-state index in [9.17, 15) is 9.90 Å². The Labute approximate surface area is 109 Å². The smallest absolute Gasteiger partial charge is 0.405 e. The maximum atomic E-state index is 10.8. The number of benzene rings is 1. The van der Waals surface area contributed by atoms with Crippen molar-refractivity contribution in [2.45, 2.75) is 25.6 Å². The summed E-state index contributed by atoms with van der Waals surface area (Å²) in [4.78, 5) is 10.8. The van der Waals surface area contributed by atoms with Crippen molar-refractivity contribution in [2.24, 2.45) is 5.73 Å². The maximum Gasteiger partial charge on any atom is 0.405 e. The number of hydrogen-bond donors (Lipinski definition) is 2. The van der Waals surface area contributed by atoms with Crippen molar-refractivity contribution in [3.63, 3.8) is 0 Å². The predicted octanol–water partition coefficient (Wildman–Crippen LogP) is 2.90. The Kier molecular flexibility index (Phi) is 5.05. The summed E-state index contributed by atoms with van der Waals surface area (Å²) in [6, 6.07) is 4.86. The van der Waals surface area contributed by atoms with E-state index in [4.69, 9.17) is 33.7 Å². The van der Waals surface area contributed by atoms with Gasteiger partial charge >= 0.3 is 6.09 Å². The van der Waals surface area contributed by atoms with Gasteiger partial charge in [-0.3, -0.25) is 0 Å². The standard InChI is InChI=1S/C11H13Cl2NO3/c1-2-8(15)10(17-11(14)16)9-6(12)4-3-5-7(9)13/h3-5,8,10,15H,2H2,1H3,(H2,14,16)/t8-,10+/m1/s1. The van der Waals surface area contributed by atoms with Crippen molar-refractivity contribution < 1.29 is 14.6 Å². The van der Waals surface area contributed by atoms with E-state index in [0.29, 0.717) is 22.0 Å². The van der Waals surface area contributed by atoms with Crippen molar-refractivity contribution in [3.8, 4) is 0 Å². The molecule has 4 nitrogen and oxygen atoms in total. The molecule has 0 aliphatic rings. The van der Waals surface area contributed by atoms with E-state index in [-0.39, 0.29) is 0 Å². The minimum absolute atomic E-state index is 0.316. The number of amides is 1. The summed E-state index contributed by atoms with van der Waals surface area (Å²) < 4.78 is 4.87. The normalized spacial score (nSPS) is 14.1. The molecule has 1 aromatic carbocycles. The second-order valence-electron chi connectivity index (χ2n) is 3.47. The van der Waals surface area contributed by atoms with Gasteiger partial charge in [0.1, 0.15) is 0 Å². The highest BCUT2D eigenvalue weighted by Gasteiger charge is 2.27. The molecule has 0 spiro atoms. The highest BCUT2D eigenvalue weighted by molar-refractivity contribution is 6.36. The number of hydrogen-bond acceptors (Lipinski definition) is 3. The number of halogens is 2. The van der Waals surface area contributed by atoms with Crippen LogP contribution in [0.5, 0.6) is 0 Å². The summed E-state index contributed by atoms with van der Waals surface area (Å²) in [5.74, 6) is 0. The molecule has 17 heavy (non-hydrogen) atoms. The average Bonchev–Trinajstić information content (AvgIpc) is 2.26. The zero-order chi connectivity index (χ0) is 13.0. The molecule has 0 aliphatic heterocycles. The zero-order valence-electron chi connectivity index (χ0n) is 9.19.